The minimum Gasteiger partial charge on any atom is -0.488 e. The van der Waals surface area contributed by atoms with E-state index in [9.17, 15) is 19.3 Å². The molecule has 0 atom stereocenters. The van der Waals surface area contributed by atoms with Gasteiger partial charge in [-0.2, -0.15) is 0 Å². The van der Waals surface area contributed by atoms with Crippen LogP contribution in [-0.2, 0) is 6.61 Å². The summed E-state index contributed by atoms with van der Waals surface area (Å²) in [6, 6.07) is 18.1. The first-order valence-electron chi connectivity index (χ1n) is 8.75. The van der Waals surface area contributed by atoms with Gasteiger partial charge in [0.05, 0.1) is 10.5 Å². The Morgan fingerprint density at radius 1 is 1.03 bits per heavy atom. The smallest absolute Gasteiger partial charge is 0.269 e. The molecule has 3 aromatic carbocycles. The predicted octanol–water partition coefficient (Wildman–Crippen LogP) is 4.44. The Labute approximate surface area is 176 Å². The van der Waals surface area contributed by atoms with Crippen molar-refractivity contribution in [1.82, 2.24) is 5.32 Å². The second-order valence-corrected chi connectivity index (χ2v) is 6.53. The lowest BCUT2D eigenvalue weighted by Crippen LogP contribution is -2.34. The monoisotopic (exact) mass is 425 g/mol. The molecule has 0 radical (unpaired) electrons. The van der Waals surface area contributed by atoms with E-state index in [-0.39, 0.29) is 28.8 Å². The summed E-state index contributed by atoms with van der Waals surface area (Å²) in [6.45, 7) is 0.163. The highest BCUT2D eigenvalue weighted by atomic mass is 32.1. The summed E-state index contributed by atoms with van der Waals surface area (Å²) in [5.41, 5.74) is 1.46. The van der Waals surface area contributed by atoms with E-state index in [2.05, 4.69) is 10.6 Å². The minimum absolute atomic E-state index is 0.0298. The molecular formula is C21H16FN3O4S. The van der Waals surface area contributed by atoms with Gasteiger partial charge in [0.2, 0.25) is 0 Å². The number of carbonyl (C=O) groups is 1. The van der Waals surface area contributed by atoms with Crippen LogP contribution in [0.4, 0.5) is 15.8 Å². The van der Waals surface area contributed by atoms with Gasteiger partial charge < -0.3 is 10.1 Å². The molecule has 0 aliphatic rings. The molecular weight excluding hydrogens is 409 g/mol. The quantitative estimate of drug-likeness (QED) is 0.345. The maximum Gasteiger partial charge on any atom is 0.269 e. The molecule has 0 aliphatic carbocycles. The summed E-state index contributed by atoms with van der Waals surface area (Å²) in [6.07, 6.45) is 0. The van der Waals surface area contributed by atoms with E-state index >= 15 is 0 Å². The molecule has 152 valence electrons. The molecule has 3 rings (SSSR count). The fourth-order valence-electron chi connectivity index (χ4n) is 2.52. The number of benzene rings is 3. The van der Waals surface area contributed by atoms with Crippen molar-refractivity contribution in [2.75, 3.05) is 5.32 Å². The third-order valence-corrected chi connectivity index (χ3v) is 4.21. The van der Waals surface area contributed by atoms with E-state index in [0.29, 0.717) is 11.4 Å². The third-order valence-electron chi connectivity index (χ3n) is 4.00. The number of nitro groups is 1. The number of para-hydroxylation sites is 1. The van der Waals surface area contributed by atoms with Crippen molar-refractivity contribution < 1.29 is 18.8 Å². The van der Waals surface area contributed by atoms with Gasteiger partial charge >= 0.3 is 0 Å². The molecule has 30 heavy (non-hydrogen) atoms. The summed E-state index contributed by atoms with van der Waals surface area (Å²) in [5.74, 6) is -0.478. The van der Waals surface area contributed by atoms with Gasteiger partial charge in [0.15, 0.2) is 5.11 Å². The van der Waals surface area contributed by atoms with Gasteiger partial charge in [-0.15, -0.1) is 0 Å². The Bertz CT molecular complexity index is 1070. The lowest BCUT2D eigenvalue weighted by Gasteiger charge is -2.13. The Morgan fingerprint density at radius 2 is 1.70 bits per heavy atom. The summed E-state index contributed by atoms with van der Waals surface area (Å²) in [4.78, 5) is 22.8. The van der Waals surface area contributed by atoms with Crippen LogP contribution in [0.1, 0.15) is 15.9 Å². The van der Waals surface area contributed by atoms with Crippen LogP contribution >= 0.6 is 12.2 Å². The number of hydrogen-bond donors (Lipinski definition) is 2. The fraction of sp³-hybridized carbons (Fsp3) is 0.0476. The molecule has 0 unspecified atom stereocenters. The molecule has 0 heterocycles. The summed E-state index contributed by atoms with van der Waals surface area (Å²) in [5, 5.41) is 16.1. The van der Waals surface area contributed by atoms with Crippen molar-refractivity contribution in [2.24, 2.45) is 0 Å². The second-order valence-electron chi connectivity index (χ2n) is 6.12. The van der Waals surface area contributed by atoms with Crippen LogP contribution in [0.5, 0.6) is 5.75 Å². The van der Waals surface area contributed by atoms with Crippen molar-refractivity contribution in [3.8, 4) is 5.75 Å². The highest BCUT2D eigenvalue weighted by molar-refractivity contribution is 7.80. The molecule has 0 spiro atoms. The number of nitro benzene ring substituents is 1. The molecule has 9 heteroatoms. The number of non-ortho nitro benzene ring substituents is 1. The van der Waals surface area contributed by atoms with Gasteiger partial charge in [0, 0.05) is 17.8 Å². The van der Waals surface area contributed by atoms with Crippen LogP contribution in [0.3, 0.4) is 0 Å². The second kappa shape index (κ2) is 9.57. The molecule has 1 amide bonds. The number of thiocarbonyl (C=S) groups is 1. The van der Waals surface area contributed by atoms with Crippen molar-refractivity contribution in [2.45, 2.75) is 6.61 Å². The zero-order valence-corrected chi connectivity index (χ0v) is 16.3. The van der Waals surface area contributed by atoms with Gasteiger partial charge in [-0.1, -0.05) is 24.3 Å². The van der Waals surface area contributed by atoms with E-state index in [4.69, 9.17) is 17.0 Å². The van der Waals surface area contributed by atoms with Crippen LogP contribution in [0.2, 0.25) is 0 Å². The highest BCUT2D eigenvalue weighted by Crippen LogP contribution is 2.20. The largest absolute Gasteiger partial charge is 0.488 e. The van der Waals surface area contributed by atoms with Crippen molar-refractivity contribution in [3.05, 3.63) is 99.9 Å². The molecule has 0 aromatic heterocycles. The molecule has 2 N–H and O–H groups in total. The minimum atomic E-state index is -0.507. The molecule has 0 saturated heterocycles. The van der Waals surface area contributed by atoms with Crippen molar-refractivity contribution in [3.63, 3.8) is 0 Å². The summed E-state index contributed by atoms with van der Waals surface area (Å²) >= 11 is 5.14. The van der Waals surface area contributed by atoms with Crippen molar-refractivity contribution >= 4 is 34.6 Å². The van der Waals surface area contributed by atoms with Crippen molar-refractivity contribution in [1.29, 1.82) is 0 Å². The van der Waals surface area contributed by atoms with Crippen LogP contribution in [-0.4, -0.2) is 15.9 Å². The predicted molar refractivity (Wildman–Crippen MR) is 114 cm³/mol. The molecule has 0 bridgehead atoms. The van der Waals surface area contributed by atoms with Crippen LogP contribution in [0, 0.1) is 15.9 Å². The highest BCUT2D eigenvalue weighted by Gasteiger charge is 2.14. The van der Waals surface area contributed by atoms with Gasteiger partial charge in [-0.05, 0) is 54.2 Å². The van der Waals surface area contributed by atoms with Gasteiger partial charge in [-0.3, -0.25) is 20.2 Å². The lowest BCUT2D eigenvalue weighted by molar-refractivity contribution is -0.384. The average molecular weight is 425 g/mol. The standard InChI is InChI=1S/C21H16FN3O4S/c22-15-7-5-14(6-8-15)13-29-19-4-2-1-3-18(19)20(26)24-21(30)23-16-9-11-17(12-10-16)25(27)28/h1-12H,13H2,(H2,23,24,26,30). The Morgan fingerprint density at radius 3 is 2.37 bits per heavy atom. The number of amides is 1. The first-order valence-corrected chi connectivity index (χ1v) is 9.16. The number of nitrogens with zero attached hydrogens (tertiary/aromatic N) is 1. The number of nitrogens with one attached hydrogen (secondary N) is 2. The van der Waals surface area contributed by atoms with Crippen LogP contribution in [0.15, 0.2) is 72.8 Å². The van der Waals surface area contributed by atoms with Crippen LogP contribution < -0.4 is 15.4 Å². The van der Waals surface area contributed by atoms with Gasteiger partial charge in [0.25, 0.3) is 11.6 Å². The molecule has 7 nitrogen and oxygen atoms in total. The van der Waals surface area contributed by atoms with Crippen LogP contribution in [0.25, 0.3) is 0 Å². The van der Waals surface area contributed by atoms with Gasteiger partial charge in [-0.25, -0.2) is 4.39 Å². The first kappa shape index (κ1) is 20.9. The maximum absolute atomic E-state index is 13.0. The summed E-state index contributed by atoms with van der Waals surface area (Å²) in [7, 11) is 0. The zero-order valence-electron chi connectivity index (χ0n) is 15.5. The Balaban J connectivity index is 1.62. The van der Waals surface area contributed by atoms with E-state index in [0.717, 1.165) is 5.56 Å². The fourth-order valence-corrected chi connectivity index (χ4v) is 2.73. The van der Waals surface area contributed by atoms with Gasteiger partial charge in [0.1, 0.15) is 18.2 Å². The maximum atomic E-state index is 13.0. The van der Waals surface area contributed by atoms with E-state index < -0.39 is 10.8 Å². The molecule has 3 aromatic rings. The third kappa shape index (κ3) is 5.58. The number of anilines is 1. The number of rotatable bonds is 6. The topological polar surface area (TPSA) is 93.5 Å². The number of carbonyl (C=O) groups excluding carboxylic acids is 1. The molecule has 0 aliphatic heterocycles. The number of hydrogen-bond acceptors (Lipinski definition) is 5. The lowest BCUT2D eigenvalue weighted by atomic mass is 10.2. The number of ether oxygens (including phenoxy) is 1. The summed E-state index contributed by atoms with van der Waals surface area (Å²) < 4.78 is 18.7. The van der Waals surface area contributed by atoms with E-state index in [1.165, 1.54) is 36.4 Å². The average Bonchev–Trinajstić information content (AvgIpc) is 2.74. The van der Waals surface area contributed by atoms with E-state index in [1.807, 2.05) is 0 Å². The molecule has 0 saturated carbocycles. The Kier molecular flexibility index (Phi) is 6.66. The zero-order chi connectivity index (χ0) is 21.5. The SMILES string of the molecule is O=C(NC(=S)Nc1ccc([N+](=O)[O-])cc1)c1ccccc1OCc1ccc(F)cc1. The first-order chi connectivity index (χ1) is 14.4. The Hall–Kier alpha value is -3.85. The van der Waals surface area contributed by atoms with E-state index in [1.54, 1.807) is 36.4 Å². The molecule has 0 fully saturated rings. The normalized spacial score (nSPS) is 10.2. The number of halogens is 1.